The van der Waals surface area contributed by atoms with E-state index >= 15 is 0 Å². The Morgan fingerprint density at radius 2 is 1.87 bits per heavy atom. The zero-order chi connectivity index (χ0) is 22.0. The molecule has 152 valence electrons. The summed E-state index contributed by atoms with van der Waals surface area (Å²) >= 11 is 0. The lowest BCUT2D eigenvalue weighted by Crippen LogP contribution is -2.14. The van der Waals surface area contributed by atoms with E-state index in [-0.39, 0.29) is 5.57 Å². The van der Waals surface area contributed by atoms with Gasteiger partial charge in [0.05, 0.1) is 5.52 Å². The summed E-state index contributed by atoms with van der Waals surface area (Å²) in [6.45, 7) is 5.91. The Bertz CT molecular complexity index is 1370. The number of anilines is 1. The standard InChI is InChI=1S/C26H22N4O/c1-17-7-4-5-9-24(17)29-26(31)22(16-27)14-21-13-18(2)30(19(21)3)23-10-11-25-20(15-23)8-6-12-28-25/h4-15H,1-3H3,(H,29,31)/b22-14-. The Hall–Kier alpha value is -4.17. The minimum Gasteiger partial charge on any atom is -0.321 e. The zero-order valence-electron chi connectivity index (χ0n) is 17.7. The number of aryl methyl sites for hydroxylation is 2. The van der Waals surface area contributed by atoms with E-state index in [1.54, 1.807) is 12.3 Å². The number of amides is 1. The molecule has 0 saturated carbocycles. The second-order valence-electron chi connectivity index (χ2n) is 7.48. The van der Waals surface area contributed by atoms with E-state index in [2.05, 4.69) is 20.9 Å². The van der Waals surface area contributed by atoms with Crippen molar-refractivity contribution in [2.45, 2.75) is 20.8 Å². The lowest BCUT2D eigenvalue weighted by molar-refractivity contribution is -0.112. The SMILES string of the molecule is Cc1ccccc1NC(=O)/C(C#N)=C\c1cc(C)n(-c2ccc3ncccc3c2)c1C. The number of nitriles is 1. The average Bonchev–Trinajstić information content (AvgIpc) is 3.06. The maximum Gasteiger partial charge on any atom is 0.266 e. The summed E-state index contributed by atoms with van der Waals surface area (Å²) in [6, 6.07) is 21.6. The minimum absolute atomic E-state index is 0.0613. The van der Waals surface area contributed by atoms with Gasteiger partial charge < -0.3 is 9.88 Å². The third-order valence-corrected chi connectivity index (χ3v) is 5.37. The summed E-state index contributed by atoms with van der Waals surface area (Å²) in [5.41, 5.74) is 6.46. The largest absolute Gasteiger partial charge is 0.321 e. The van der Waals surface area contributed by atoms with Gasteiger partial charge in [-0.1, -0.05) is 24.3 Å². The molecule has 5 heteroatoms. The number of carbonyl (C=O) groups is 1. The molecule has 2 aromatic heterocycles. The van der Waals surface area contributed by atoms with Crippen molar-refractivity contribution in [3.8, 4) is 11.8 Å². The van der Waals surface area contributed by atoms with Gasteiger partial charge in [-0.25, -0.2) is 0 Å². The monoisotopic (exact) mass is 406 g/mol. The summed E-state index contributed by atoms with van der Waals surface area (Å²) in [7, 11) is 0. The van der Waals surface area contributed by atoms with E-state index in [9.17, 15) is 10.1 Å². The Kier molecular flexibility index (Phi) is 5.38. The molecule has 0 radical (unpaired) electrons. The van der Waals surface area contributed by atoms with Crippen molar-refractivity contribution in [3.05, 3.63) is 94.9 Å². The van der Waals surface area contributed by atoms with Gasteiger partial charge in [0.25, 0.3) is 5.91 Å². The molecule has 0 aliphatic rings. The Morgan fingerprint density at radius 3 is 2.65 bits per heavy atom. The molecule has 2 heterocycles. The number of benzene rings is 2. The number of hydrogen-bond donors (Lipinski definition) is 1. The second kappa shape index (κ2) is 8.29. The number of nitrogens with one attached hydrogen (secondary N) is 1. The van der Waals surface area contributed by atoms with Crippen LogP contribution in [0.3, 0.4) is 0 Å². The number of nitrogens with zero attached hydrogens (tertiary/aromatic N) is 3. The summed E-state index contributed by atoms with van der Waals surface area (Å²) < 4.78 is 2.12. The van der Waals surface area contributed by atoms with Crippen molar-refractivity contribution >= 4 is 28.6 Å². The molecule has 0 unspecified atom stereocenters. The molecule has 4 rings (SSSR count). The van der Waals surface area contributed by atoms with Crippen LogP contribution in [0.2, 0.25) is 0 Å². The molecule has 0 aliphatic carbocycles. The number of pyridine rings is 1. The number of para-hydroxylation sites is 1. The molecule has 0 bridgehead atoms. The minimum atomic E-state index is -0.418. The topological polar surface area (TPSA) is 70.7 Å². The average molecular weight is 406 g/mol. The number of aromatic nitrogens is 2. The summed E-state index contributed by atoms with van der Waals surface area (Å²) in [6.07, 6.45) is 3.43. The summed E-state index contributed by atoms with van der Waals surface area (Å²) in [4.78, 5) is 17.1. The van der Waals surface area contributed by atoms with E-state index in [0.29, 0.717) is 5.69 Å². The van der Waals surface area contributed by atoms with E-state index in [0.717, 1.165) is 39.1 Å². The van der Waals surface area contributed by atoms with Gasteiger partial charge >= 0.3 is 0 Å². The van der Waals surface area contributed by atoms with Crippen LogP contribution in [0.4, 0.5) is 5.69 Å². The number of rotatable bonds is 4. The molecule has 0 spiro atoms. The van der Waals surface area contributed by atoms with Gasteiger partial charge in [0.2, 0.25) is 0 Å². The second-order valence-corrected chi connectivity index (χ2v) is 7.48. The lowest BCUT2D eigenvalue weighted by atomic mass is 10.1. The summed E-state index contributed by atoms with van der Waals surface area (Å²) in [5, 5.41) is 13.5. The van der Waals surface area contributed by atoms with Crippen LogP contribution in [-0.4, -0.2) is 15.5 Å². The quantitative estimate of drug-likeness (QED) is 0.359. The van der Waals surface area contributed by atoms with E-state index < -0.39 is 5.91 Å². The smallest absolute Gasteiger partial charge is 0.266 e. The molecule has 2 aromatic carbocycles. The first-order chi connectivity index (χ1) is 15.0. The highest BCUT2D eigenvalue weighted by Crippen LogP contribution is 2.25. The van der Waals surface area contributed by atoms with Crippen LogP contribution >= 0.6 is 0 Å². The van der Waals surface area contributed by atoms with Gasteiger partial charge in [0.15, 0.2) is 0 Å². The van der Waals surface area contributed by atoms with E-state index in [4.69, 9.17) is 0 Å². The number of carbonyl (C=O) groups excluding carboxylic acids is 1. The molecule has 0 atom stereocenters. The third-order valence-electron chi connectivity index (χ3n) is 5.37. The van der Waals surface area contributed by atoms with Crippen molar-refractivity contribution in [1.29, 1.82) is 5.26 Å². The maximum absolute atomic E-state index is 12.7. The normalized spacial score (nSPS) is 11.4. The predicted octanol–water partition coefficient (Wildman–Crippen LogP) is 5.50. The highest BCUT2D eigenvalue weighted by molar-refractivity contribution is 6.10. The van der Waals surface area contributed by atoms with Crippen molar-refractivity contribution in [1.82, 2.24) is 9.55 Å². The molecule has 4 aromatic rings. The first-order valence-electron chi connectivity index (χ1n) is 10.0. The van der Waals surface area contributed by atoms with Crippen LogP contribution in [0.5, 0.6) is 0 Å². The van der Waals surface area contributed by atoms with Crippen LogP contribution in [0.1, 0.15) is 22.5 Å². The molecular formula is C26H22N4O. The van der Waals surface area contributed by atoms with Crippen molar-refractivity contribution in [3.63, 3.8) is 0 Å². The maximum atomic E-state index is 12.7. The van der Waals surface area contributed by atoms with Crippen LogP contribution in [-0.2, 0) is 4.79 Å². The molecule has 1 amide bonds. The predicted molar refractivity (Wildman–Crippen MR) is 124 cm³/mol. The lowest BCUT2D eigenvalue weighted by Gasteiger charge is -2.11. The molecule has 0 fully saturated rings. The molecule has 1 N–H and O–H groups in total. The van der Waals surface area contributed by atoms with Crippen LogP contribution in [0.15, 0.2) is 72.4 Å². The first-order valence-corrected chi connectivity index (χ1v) is 10.0. The highest BCUT2D eigenvalue weighted by atomic mass is 16.1. The zero-order valence-corrected chi connectivity index (χ0v) is 17.7. The molecule has 0 aliphatic heterocycles. The number of fused-ring (bicyclic) bond motifs is 1. The molecule has 5 nitrogen and oxygen atoms in total. The van der Waals surface area contributed by atoms with Crippen molar-refractivity contribution in [2.75, 3.05) is 5.32 Å². The third kappa shape index (κ3) is 3.96. The van der Waals surface area contributed by atoms with Gasteiger partial charge in [-0.2, -0.15) is 5.26 Å². The molecule has 31 heavy (non-hydrogen) atoms. The van der Waals surface area contributed by atoms with Gasteiger partial charge in [-0.15, -0.1) is 0 Å². The van der Waals surface area contributed by atoms with E-state index in [1.165, 1.54) is 0 Å². The van der Waals surface area contributed by atoms with E-state index in [1.807, 2.05) is 81.4 Å². The Balaban J connectivity index is 1.69. The van der Waals surface area contributed by atoms with Crippen LogP contribution < -0.4 is 5.32 Å². The van der Waals surface area contributed by atoms with Crippen molar-refractivity contribution in [2.24, 2.45) is 0 Å². The van der Waals surface area contributed by atoms with Crippen LogP contribution in [0.25, 0.3) is 22.7 Å². The fourth-order valence-electron chi connectivity index (χ4n) is 3.74. The van der Waals surface area contributed by atoms with Gasteiger partial charge in [-0.3, -0.25) is 9.78 Å². The van der Waals surface area contributed by atoms with Crippen molar-refractivity contribution < 1.29 is 4.79 Å². The van der Waals surface area contributed by atoms with Gasteiger partial charge in [-0.05, 0) is 74.4 Å². The van der Waals surface area contributed by atoms with Gasteiger partial charge in [0.1, 0.15) is 11.6 Å². The fraction of sp³-hybridized carbons (Fsp3) is 0.115. The Labute approximate surface area is 181 Å². The first kappa shape index (κ1) is 20.1. The summed E-state index contributed by atoms with van der Waals surface area (Å²) in [5.74, 6) is -0.418. The highest BCUT2D eigenvalue weighted by Gasteiger charge is 2.15. The Morgan fingerprint density at radius 1 is 1.06 bits per heavy atom. The molecular weight excluding hydrogens is 384 g/mol. The number of hydrogen-bond acceptors (Lipinski definition) is 3. The van der Waals surface area contributed by atoms with Gasteiger partial charge in [0, 0.05) is 34.3 Å². The fourth-order valence-corrected chi connectivity index (χ4v) is 3.74. The molecule has 0 saturated heterocycles. The van der Waals surface area contributed by atoms with Crippen LogP contribution in [0, 0.1) is 32.1 Å².